The van der Waals surface area contributed by atoms with E-state index in [2.05, 4.69) is 34.6 Å². The molecule has 102 valence electrons. The third-order valence-electron chi connectivity index (χ3n) is 5.67. The van der Waals surface area contributed by atoms with Gasteiger partial charge in [0.05, 0.1) is 6.61 Å². The first kappa shape index (κ1) is 12.7. The van der Waals surface area contributed by atoms with Gasteiger partial charge in [-0.15, -0.1) is 0 Å². The summed E-state index contributed by atoms with van der Waals surface area (Å²) in [4.78, 5) is 12.3. The topological polar surface area (TPSA) is 29.6 Å². The van der Waals surface area contributed by atoms with E-state index in [1.54, 1.807) is 0 Å². The van der Waals surface area contributed by atoms with Crippen molar-refractivity contribution in [2.24, 2.45) is 22.2 Å². The third kappa shape index (κ3) is 1.47. The molecule has 2 heteroatoms. The Hall–Kier alpha value is -0.370. The van der Waals surface area contributed by atoms with Gasteiger partial charge in [-0.1, -0.05) is 34.6 Å². The lowest BCUT2D eigenvalue weighted by Gasteiger charge is -2.54. The first-order chi connectivity index (χ1) is 8.13. The Morgan fingerprint density at radius 2 is 1.56 bits per heavy atom. The van der Waals surface area contributed by atoms with Crippen molar-refractivity contribution in [1.82, 2.24) is 0 Å². The molecule has 2 aliphatic carbocycles. The number of epoxide rings is 1. The molecule has 0 bridgehead atoms. The molecule has 1 aliphatic heterocycles. The van der Waals surface area contributed by atoms with Crippen molar-refractivity contribution in [3.8, 4) is 0 Å². The quantitative estimate of drug-likeness (QED) is 0.615. The smallest absolute Gasteiger partial charge is 0.167 e. The van der Waals surface area contributed by atoms with Crippen LogP contribution in [0.2, 0.25) is 0 Å². The van der Waals surface area contributed by atoms with Gasteiger partial charge in [-0.3, -0.25) is 4.79 Å². The number of rotatable bonds is 0. The molecule has 3 rings (SSSR count). The highest BCUT2D eigenvalue weighted by atomic mass is 16.6. The Balaban J connectivity index is 2.06. The molecule has 3 fully saturated rings. The summed E-state index contributed by atoms with van der Waals surface area (Å²) in [6.45, 7) is 12.4. The highest BCUT2D eigenvalue weighted by Gasteiger charge is 2.74. The third-order valence-corrected chi connectivity index (χ3v) is 5.67. The molecule has 0 aromatic carbocycles. The zero-order chi connectivity index (χ0) is 13.4. The van der Waals surface area contributed by atoms with E-state index in [9.17, 15) is 4.79 Å². The lowest BCUT2D eigenvalue weighted by atomic mass is 9.50. The summed E-state index contributed by atoms with van der Waals surface area (Å²) in [5.41, 5.74) is 0.357. The molecule has 0 amide bonds. The predicted molar refractivity (Wildman–Crippen MR) is 71.3 cm³/mol. The van der Waals surface area contributed by atoms with Crippen LogP contribution in [0.1, 0.15) is 60.3 Å². The van der Waals surface area contributed by atoms with Gasteiger partial charge in [0, 0.05) is 11.8 Å². The first-order valence-electron chi connectivity index (χ1n) is 7.30. The van der Waals surface area contributed by atoms with Crippen LogP contribution in [-0.4, -0.2) is 18.0 Å². The van der Waals surface area contributed by atoms with E-state index in [1.165, 1.54) is 6.42 Å². The van der Waals surface area contributed by atoms with Crippen molar-refractivity contribution < 1.29 is 9.53 Å². The molecule has 2 nitrogen and oxygen atoms in total. The first-order valence-corrected chi connectivity index (χ1v) is 7.30. The maximum absolute atomic E-state index is 12.3. The van der Waals surface area contributed by atoms with Gasteiger partial charge in [-0.05, 0) is 36.0 Å². The minimum atomic E-state index is -0.388. The summed E-state index contributed by atoms with van der Waals surface area (Å²) in [7, 11) is 0. The highest BCUT2D eigenvalue weighted by molar-refractivity contribution is 5.93. The van der Waals surface area contributed by atoms with Crippen LogP contribution in [-0.2, 0) is 9.53 Å². The van der Waals surface area contributed by atoms with Crippen molar-refractivity contribution in [1.29, 1.82) is 0 Å². The average Bonchev–Trinajstić information content (AvgIpc) is 2.89. The minimum absolute atomic E-state index is 0.106. The summed E-state index contributed by atoms with van der Waals surface area (Å²) in [5, 5.41) is 0. The fraction of sp³-hybridized carbons (Fsp3) is 0.938. The molecule has 2 saturated carbocycles. The molecule has 0 N–H and O–H groups in total. The monoisotopic (exact) mass is 250 g/mol. The van der Waals surface area contributed by atoms with Crippen molar-refractivity contribution in [2.75, 3.05) is 6.61 Å². The lowest BCUT2D eigenvalue weighted by molar-refractivity contribution is -0.127. The Kier molecular flexibility index (Phi) is 2.25. The maximum atomic E-state index is 12.3. The summed E-state index contributed by atoms with van der Waals surface area (Å²) < 4.78 is 5.77. The van der Waals surface area contributed by atoms with Crippen LogP contribution in [0, 0.1) is 22.2 Å². The molecule has 0 aromatic heterocycles. The molecule has 2 atom stereocenters. The van der Waals surface area contributed by atoms with Gasteiger partial charge in [0.25, 0.3) is 0 Å². The summed E-state index contributed by atoms with van der Waals surface area (Å²) in [6.07, 6.45) is 4.28. The minimum Gasteiger partial charge on any atom is -0.361 e. The van der Waals surface area contributed by atoms with E-state index < -0.39 is 0 Å². The van der Waals surface area contributed by atoms with Crippen LogP contribution in [0.25, 0.3) is 0 Å². The Morgan fingerprint density at radius 1 is 1.06 bits per heavy atom. The standard InChI is InChI=1S/C16H26O2/c1-11-6-12(17)16(10-18-16)15(11)8-13(2,3)7-14(4,5)9-15/h11H,6-10H2,1-5H3/t11-,16+/m1/s1. The molecule has 1 heterocycles. The summed E-state index contributed by atoms with van der Waals surface area (Å²) >= 11 is 0. The van der Waals surface area contributed by atoms with Crippen LogP contribution in [0.4, 0.5) is 0 Å². The number of carbonyl (C=O) groups is 1. The van der Waals surface area contributed by atoms with Crippen molar-refractivity contribution in [2.45, 2.75) is 65.9 Å². The second kappa shape index (κ2) is 3.20. The largest absolute Gasteiger partial charge is 0.361 e. The second-order valence-electron chi connectivity index (χ2n) is 8.66. The van der Waals surface area contributed by atoms with E-state index in [0.717, 1.165) is 19.3 Å². The summed E-state index contributed by atoms with van der Waals surface area (Å²) in [6, 6.07) is 0. The number of ketones is 1. The maximum Gasteiger partial charge on any atom is 0.167 e. The van der Waals surface area contributed by atoms with E-state index in [-0.39, 0.29) is 11.0 Å². The summed E-state index contributed by atoms with van der Waals surface area (Å²) in [5.74, 6) is 0.856. The molecule has 0 unspecified atom stereocenters. The molecule has 2 spiro atoms. The second-order valence-corrected chi connectivity index (χ2v) is 8.66. The van der Waals surface area contributed by atoms with Gasteiger partial charge < -0.3 is 4.74 Å². The zero-order valence-corrected chi connectivity index (χ0v) is 12.4. The van der Waals surface area contributed by atoms with E-state index in [4.69, 9.17) is 4.74 Å². The van der Waals surface area contributed by atoms with E-state index in [0.29, 0.717) is 29.1 Å². The van der Waals surface area contributed by atoms with Crippen LogP contribution in [0.5, 0.6) is 0 Å². The SMILES string of the molecule is C[C@@H]1CC(=O)[C@@]2(CO2)C12CC(C)(C)CC(C)(C)C2. The Morgan fingerprint density at radius 3 is 2.00 bits per heavy atom. The zero-order valence-electron chi connectivity index (χ0n) is 12.4. The average molecular weight is 250 g/mol. The number of hydrogen-bond donors (Lipinski definition) is 0. The van der Waals surface area contributed by atoms with Crippen LogP contribution in [0.15, 0.2) is 0 Å². The number of Topliss-reactive ketones (excluding diaryl/α,β-unsaturated/α-hetero) is 1. The van der Waals surface area contributed by atoms with Crippen LogP contribution < -0.4 is 0 Å². The lowest BCUT2D eigenvalue weighted by Crippen LogP contribution is -2.51. The normalized spacial score (nSPS) is 43.6. The predicted octanol–water partition coefficient (Wildman–Crippen LogP) is 3.59. The van der Waals surface area contributed by atoms with Gasteiger partial charge in [0.15, 0.2) is 11.4 Å². The number of hydrogen-bond acceptors (Lipinski definition) is 2. The number of carbonyl (C=O) groups excluding carboxylic acids is 1. The molecule has 1 saturated heterocycles. The van der Waals surface area contributed by atoms with Gasteiger partial charge in [0.1, 0.15) is 0 Å². The molecule has 0 radical (unpaired) electrons. The van der Waals surface area contributed by atoms with Crippen molar-refractivity contribution >= 4 is 5.78 Å². The van der Waals surface area contributed by atoms with Gasteiger partial charge in [-0.2, -0.15) is 0 Å². The Bertz CT molecular complexity index is 385. The number of ether oxygens (including phenoxy) is 1. The Labute approximate surface area is 110 Å². The van der Waals surface area contributed by atoms with Crippen LogP contribution >= 0.6 is 0 Å². The highest BCUT2D eigenvalue weighted by Crippen LogP contribution is 2.69. The molecule has 18 heavy (non-hydrogen) atoms. The van der Waals surface area contributed by atoms with Gasteiger partial charge >= 0.3 is 0 Å². The number of fused-ring (bicyclic) bond motifs is 1. The van der Waals surface area contributed by atoms with E-state index >= 15 is 0 Å². The van der Waals surface area contributed by atoms with Gasteiger partial charge in [0.2, 0.25) is 0 Å². The van der Waals surface area contributed by atoms with E-state index in [1.807, 2.05) is 0 Å². The fourth-order valence-corrected chi connectivity index (χ4v) is 5.66. The van der Waals surface area contributed by atoms with Crippen molar-refractivity contribution in [3.63, 3.8) is 0 Å². The van der Waals surface area contributed by atoms with Crippen molar-refractivity contribution in [3.05, 3.63) is 0 Å². The fourth-order valence-electron chi connectivity index (χ4n) is 5.66. The van der Waals surface area contributed by atoms with Gasteiger partial charge in [-0.25, -0.2) is 0 Å². The van der Waals surface area contributed by atoms with Crippen LogP contribution in [0.3, 0.4) is 0 Å². The molecule has 0 aromatic rings. The molecular formula is C16H26O2. The molecule has 3 aliphatic rings. The molecular weight excluding hydrogens is 224 g/mol.